The van der Waals surface area contributed by atoms with E-state index in [9.17, 15) is 14.7 Å². The number of carbonyl (C=O) groups is 2. The second-order valence-electron chi connectivity index (χ2n) is 6.46. The zero-order valence-corrected chi connectivity index (χ0v) is 12.7. The van der Waals surface area contributed by atoms with Crippen molar-refractivity contribution in [2.24, 2.45) is 17.3 Å². The maximum absolute atomic E-state index is 12.3. The van der Waals surface area contributed by atoms with Gasteiger partial charge in [-0.2, -0.15) is 0 Å². The molecule has 0 bridgehead atoms. The first-order chi connectivity index (χ1) is 9.33. The molecule has 0 aromatic rings. The highest BCUT2D eigenvalue weighted by molar-refractivity contribution is 5.98. The van der Waals surface area contributed by atoms with Crippen molar-refractivity contribution in [1.29, 1.82) is 0 Å². The lowest BCUT2D eigenvalue weighted by Gasteiger charge is -2.50. The Bertz CT molecular complexity index is 465. The van der Waals surface area contributed by atoms with Crippen molar-refractivity contribution in [2.75, 3.05) is 7.11 Å². The zero-order chi connectivity index (χ0) is 15.1. The molecule has 0 saturated heterocycles. The number of Topliss-reactive ketones (excluding diaryl/α,β-unsaturated/α-hetero) is 1. The predicted octanol–water partition coefficient (Wildman–Crippen LogP) is 2.25. The van der Waals surface area contributed by atoms with Gasteiger partial charge in [-0.25, -0.2) is 4.79 Å². The Morgan fingerprint density at radius 2 is 2.15 bits per heavy atom. The Balaban J connectivity index is 2.48. The molecule has 0 aromatic carbocycles. The standard InChI is InChI=1S/C16H24O4/c1-9-6-5-7-11-13(9)12(17)8-10(2)16(11,3)14(18)15(19)20-4/h10-11,14,18H,5-8H2,1-4H3/t10-,11+,14+,16+/m1/s1. The molecule has 1 fully saturated rings. The third-order valence-corrected chi connectivity index (χ3v) is 5.47. The number of aliphatic hydroxyl groups excluding tert-OH is 1. The van der Waals surface area contributed by atoms with Gasteiger partial charge < -0.3 is 9.84 Å². The minimum absolute atomic E-state index is 0.0382. The summed E-state index contributed by atoms with van der Waals surface area (Å²) in [6.07, 6.45) is 2.02. The quantitative estimate of drug-likeness (QED) is 0.788. The number of rotatable bonds is 2. The number of hydrogen-bond donors (Lipinski definition) is 1. The fourth-order valence-electron chi connectivity index (χ4n) is 3.98. The summed E-state index contributed by atoms with van der Waals surface area (Å²) in [4.78, 5) is 24.2. The van der Waals surface area contributed by atoms with Gasteiger partial charge in [0.25, 0.3) is 0 Å². The third kappa shape index (κ3) is 2.10. The zero-order valence-electron chi connectivity index (χ0n) is 12.7. The summed E-state index contributed by atoms with van der Waals surface area (Å²) in [7, 11) is 1.29. The van der Waals surface area contributed by atoms with Gasteiger partial charge in [0, 0.05) is 11.8 Å². The fourth-order valence-corrected chi connectivity index (χ4v) is 3.98. The Morgan fingerprint density at radius 1 is 1.50 bits per heavy atom. The molecule has 20 heavy (non-hydrogen) atoms. The summed E-state index contributed by atoms with van der Waals surface area (Å²) >= 11 is 0. The van der Waals surface area contributed by atoms with Crippen LogP contribution in [0.2, 0.25) is 0 Å². The number of methoxy groups -OCH3 is 1. The number of ether oxygens (including phenoxy) is 1. The second kappa shape index (κ2) is 5.32. The summed E-state index contributed by atoms with van der Waals surface area (Å²) in [6.45, 7) is 5.88. The molecule has 0 aliphatic heterocycles. The monoisotopic (exact) mass is 280 g/mol. The van der Waals surface area contributed by atoms with Crippen molar-refractivity contribution in [2.45, 2.75) is 52.6 Å². The predicted molar refractivity (Wildman–Crippen MR) is 75.0 cm³/mol. The Kier molecular flexibility index (Phi) is 4.05. The van der Waals surface area contributed by atoms with Gasteiger partial charge in [0.2, 0.25) is 0 Å². The minimum atomic E-state index is -1.18. The van der Waals surface area contributed by atoms with Crippen molar-refractivity contribution >= 4 is 11.8 Å². The van der Waals surface area contributed by atoms with Crippen LogP contribution in [0.25, 0.3) is 0 Å². The third-order valence-electron chi connectivity index (χ3n) is 5.47. The Labute approximate surface area is 120 Å². The topological polar surface area (TPSA) is 63.6 Å². The first kappa shape index (κ1) is 15.2. The molecule has 0 aromatic heterocycles. The van der Waals surface area contributed by atoms with Crippen LogP contribution in [0.15, 0.2) is 11.1 Å². The van der Waals surface area contributed by atoms with E-state index in [0.29, 0.717) is 6.42 Å². The number of fused-ring (bicyclic) bond motifs is 1. The lowest BCUT2D eigenvalue weighted by molar-refractivity contribution is -0.166. The molecule has 1 N–H and O–H groups in total. The number of esters is 1. The molecule has 0 spiro atoms. The summed E-state index contributed by atoms with van der Waals surface area (Å²) in [6, 6.07) is 0. The number of allylic oxidation sites excluding steroid dienone is 2. The van der Waals surface area contributed by atoms with E-state index < -0.39 is 17.5 Å². The molecular formula is C16H24O4. The summed E-state index contributed by atoms with van der Waals surface area (Å²) in [5, 5.41) is 10.5. The van der Waals surface area contributed by atoms with Crippen LogP contribution in [0, 0.1) is 17.3 Å². The molecule has 0 heterocycles. The van der Waals surface area contributed by atoms with Crippen LogP contribution in [-0.4, -0.2) is 30.1 Å². The summed E-state index contributed by atoms with van der Waals surface area (Å²) in [5.74, 6) is -0.490. The normalized spacial score (nSPS) is 35.5. The highest BCUT2D eigenvalue weighted by Crippen LogP contribution is 2.53. The van der Waals surface area contributed by atoms with Crippen molar-refractivity contribution < 1.29 is 19.4 Å². The van der Waals surface area contributed by atoms with Crippen LogP contribution < -0.4 is 0 Å². The molecule has 0 amide bonds. The van der Waals surface area contributed by atoms with E-state index in [1.807, 2.05) is 20.8 Å². The van der Waals surface area contributed by atoms with Crippen LogP contribution in [0.4, 0.5) is 0 Å². The molecule has 112 valence electrons. The van der Waals surface area contributed by atoms with Crippen LogP contribution >= 0.6 is 0 Å². The van der Waals surface area contributed by atoms with E-state index in [4.69, 9.17) is 4.74 Å². The first-order valence-corrected chi connectivity index (χ1v) is 7.32. The maximum atomic E-state index is 12.3. The number of hydrogen-bond acceptors (Lipinski definition) is 4. The summed E-state index contributed by atoms with van der Waals surface area (Å²) in [5.41, 5.74) is 1.36. The number of ketones is 1. The van der Waals surface area contributed by atoms with Gasteiger partial charge in [-0.1, -0.05) is 19.4 Å². The molecular weight excluding hydrogens is 256 g/mol. The molecule has 2 aliphatic rings. The summed E-state index contributed by atoms with van der Waals surface area (Å²) < 4.78 is 4.72. The SMILES string of the molecule is COC(=O)[C@H](O)[C@@]1(C)[C@H](C)CC(=O)C2=C(C)CCC[C@@H]21. The molecule has 4 nitrogen and oxygen atoms in total. The van der Waals surface area contributed by atoms with Crippen molar-refractivity contribution in [3.63, 3.8) is 0 Å². The van der Waals surface area contributed by atoms with Gasteiger partial charge in [-0.15, -0.1) is 0 Å². The molecule has 4 heteroatoms. The second-order valence-corrected chi connectivity index (χ2v) is 6.46. The van der Waals surface area contributed by atoms with Gasteiger partial charge >= 0.3 is 5.97 Å². The highest BCUT2D eigenvalue weighted by Gasteiger charge is 2.54. The van der Waals surface area contributed by atoms with E-state index in [2.05, 4.69) is 0 Å². The molecule has 1 saturated carbocycles. The van der Waals surface area contributed by atoms with E-state index in [-0.39, 0.29) is 17.6 Å². The van der Waals surface area contributed by atoms with Gasteiger partial charge in [-0.05, 0) is 43.6 Å². The van der Waals surface area contributed by atoms with Crippen molar-refractivity contribution in [1.82, 2.24) is 0 Å². The molecule has 0 radical (unpaired) electrons. The first-order valence-electron chi connectivity index (χ1n) is 7.32. The van der Waals surface area contributed by atoms with Gasteiger partial charge in [0.05, 0.1) is 7.11 Å². The molecule has 4 atom stereocenters. The number of carbonyl (C=O) groups excluding carboxylic acids is 2. The molecule has 2 aliphatic carbocycles. The van der Waals surface area contributed by atoms with E-state index >= 15 is 0 Å². The average molecular weight is 280 g/mol. The fraction of sp³-hybridized carbons (Fsp3) is 0.750. The van der Waals surface area contributed by atoms with E-state index in [1.54, 1.807) is 0 Å². The van der Waals surface area contributed by atoms with Gasteiger partial charge in [0.15, 0.2) is 11.9 Å². The average Bonchev–Trinajstić information content (AvgIpc) is 2.42. The molecule has 0 unspecified atom stereocenters. The lowest BCUT2D eigenvalue weighted by atomic mass is 9.54. The van der Waals surface area contributed by atoms with Crippen LogP contribution in [0.5, 0.6) is 0 Å². The minimum Gasteiger partial charge on any atom is -0.467 e. The largest absolute Gasteiger partial charge is 0.467 e. The Morgan fingerprint density at radius 3 is 2.75 bits per heavy atom. The lowest BCUT2D eigenvalue weighted by Crippen LogP contribution is -2.54. The van der Waals surface area contributed by atoms with E-state index in [0.717, 1.165) is 30.4 Å². The number of aliphatic hydroxyl groups is 1. The van der Waals surface area contributed by atoms with Crippen LogP contribution in [0.1, 0.15) is 46.5 Å². The van der Waals surface area contributed by atoms with Crippen LogP contribution in [0.3, 0.4) is 0 Å². The van der Waals surface area contributed by atoms with Gasteiger partial charge in [0.1, 0.15) is 0 Å². The smallest absolute Gasteiger partial charge is 0.335 e. The van der Waals surface area contributed by atoms with Crippen molar-refractivity contribution in [3.05, 3.63) is 11.1 Å². The molecule has 2 rings (SSSR count). The van der Waals surface area contributed by atoms with Crippen LogP contribution in [-0.2, 0) is 14.3 Å². The van der Waals surface area contributed by atoms with Crippen molar-refractivity contribution in [3.8, 4) is 0 Å². The maximum Gasteiger partial charge on any atom is 0.335 e. The highest BCUT2D eigenvalue weighted by atomic mass is 16.5. The van der Waals surface area contributed by atoms with Gasteiger partial charge in [-0.3, -0.25) is 4.79 Å². The van der Waals surface area contributed by atoms with E-state index in [1.165, 1.54) is 7.11 Å². The Hall–Kier alpha value is -1.16.